The Labute approximate surface area is 259 Å². The summed E-state index contributed by atoms with van der Waals surface area (Å²) >= 11 is 0. The highest BCUT2D eigenvalue weighted by atomic mass is 16.3. The van der Waals surface area contributed by atoms with Crippen LogP contribution < -0.4 is 0 Å². The van der Waals surface area contributed by atoms with Crippen LogP contribution in [0.4, 0.5) is 0 Å². The van der Waals surface area contributed by atoms with E-state index in [-0.39, 0.29) is 0 Å². The quantitative estimate of drug-likeness (QED) is 0.181. The first-order valence-corrected chi connectivity index (χ1v) is 15.6. The number of hydrogen-bond donors (Lipinski definition) is 0. The third-order valence-electron chi connectivity index (χ3n) is 8.15. The Morgan fingerprint density at radius 2 is 1.14 bits per heavy atom. The summed E-state index contributed by atoms with van der Waals surface area (Å²) in [6, 6.07) is 40.6. The van der Waals surface area contributed by atoms with Crippen LogP contribution in [0.15, 0.2) is 120 Å². The highest BCUT2D eigenvalue weighted by Gasteiger charge is 2.19. The molecule has 0 saturated carbocycles. The van der Waals surface area contributed by atoms with Gasteiger partial charge in [-0.25, -0.2) is 0 Å². The van der Waals surface area contributed by atoms with Gasteiger partial charge in [-0.15, -0.1) is 10.2 Å². The van der Waals surface area contributed by atoms with Gasteiger partial charge in [0.25, 0.3) is 0 Å². The van der Waals surface area contributed by atoms with Gasteiger partial charge in [0.2, 0.25) is 0 Å². The Bertz CT molecular complexity index is 2050. The zero-order valence-corrected chi connectivity index (χ0v) is 25.8. The Morgan fingerprint density at radius 3 is 1.80 bits per heavy atom. The lowest BCUT2D eigenvalue weighted by Gasteiger charge is -2.12. The van der Waals surface area contributed by atoms with Gasteiger partial charge in [0, 0.05) is 33.2 Å². The van der Waals surface area contributed by atoms with Crippen LogP contribution in [-0.4, -0.2) is 14.8 Å². The second-order valence-corrected chi connectivity index (χ2v) is 12.6. The fourth-order valence-electron chi connectivity index (χ4n) is 6.25. The summed E-state index contributed by atoms with van der Waals surface area (Å²) in [6.45, 7) is 9.09. The van der Waals surface area contributed by atoms with E-state index < -0.39 is 0 Å². The molecule has 44 heavy (non-hydrogen) atoms. The first-order valence-electron chi connectivity index (χ1n) is 15.6. The van der Waals surface area contributed by atoms with Crippen molar-refractivity contribution in [3.05, 3.63) is 126 Å². The molecule has 0 aliphatic carbocycles. The number of para-hydroxylation sites is 1. The second-order valence-electron chi connectivity index (χ2n) is 12.6. The summed E-state index contributed by atoms with van der Waals surface area (Å²) in [5.41, 5.74) is 9.88. The summed E-state index contributed by atoms with van der Waals surface area (Å²) in [6.07, 6.45) is 2.07. The second kappa shape index (κ2) is 11.6. The number of fused-ring (bicyclic) bond motifs is 3. The summed E-state index contributed by atoms with van der Waals surface area (Å²) in [5, 5.41) is 11.7. The largest absolute Gasteiger partial charge is 0.455 e. The van der Waals surface area contributed by atoms with Gasteiger partial charge < -0.3 is 4.42 Å². The molecule has 0 radical (unpaired) electrons. The predicted octanol–water partition coefficient (Wildman–Crippen LogP) is 10.6. The summed E-state index contributed by atoms with van der Waals surface area (Å²) < 4.78 is 8.71. The number of rotatable bonds is 8. The molecule has 5 aromatic carbocycles. The Hall–Kier alpha value is -4.96. The van der Waals surface area contributed by atoms with Gasteiger partial charge in [0.1, 0.15) is 11.2 Å². The van der Waals surface area contributed by atoms with Crippen molar-refractivity contribution < 1.29 is 4.42 Å². The molecule has 0 unspecified atom stereocenters. The standard InChI is InChI=1S/C40H37N3O/c1-26(2)21-28-15-20-37-35(23-28)36-25-29(22-27(3)4)24-34(38(36)44-37)30-16-18-32(19-17-30)40-42-41-39(31-11-7-5-8-12-31)43(40)33-13-9-6-10-14-33/h5-20,23-27H,21-22H2,1-4H3. The molecule has 4 nitrogen and oxygen atoms in total. The molecule has 0 saturated heterocycles. The molecule has 2 aromatic heterocycles. The summed E-state index contributed by atoms with van der Waals surface area (Å²) in [7, 11) is 0. The van der Waals surface area contributed by atoms with Gasteiger partial charge in [-0.2, -0.15) is 0 Å². The van der Waals surface area contributed by atoms with Crippen LogP contribution in [0.1, 0.15) is 38.8 Å². The van der Waals surface area contributed by atoms with Crippen molar-refractivity contribution in [2.24, 2.45) is 11.8 Å². The molecule has 0 N–H and O–H groups in total. The maximum atomic E-state index is 6.58. The molecule has 7 rings (SSSR count). The third kappa shape index (κ3) is 5.33. The van der Waals surface area contributed by atoms with E-state index in [1.165, 1.54) is 21.9 Å². The van der Waals surface area contributed by atoms with Crippen molar-refractivity contribution in [2.45, 2.75) is 40.5 Å². The molecule has 0 bridgehead atoms. The van der Waals surface area contributed by atoms with Gasteiger partial charge in [0.05, 0.1) is 0 Å². The smallest absolute Gasteiger partial charge is 0.168 e. The molecule has 218 valence electrons. The zero-order valence-electron chi connectivity index (χ0n) is 25.8. The molecule has 0 aliphatic heterocycles. The molecule has 2 heterocycles. The predicted molar refractivity (Wildman–Crippen MR) is 182 cm³/mol. The minimum absolute atomic E-state index is 0.556. The van der Waals surface area contributed by atoms with Gasteiger partial charge in [-0.3, -0.25) is 4.57 Å². The van der Waals surface area contributed by atoms with Crippen LogP contribution in [0.5, 0.6) is 0 Å². The SMILES string of the molecule is CC(C)Cc1ccc2oc3c(-c4ccc(-c5nnc(-c6ccccc6)n5-c5ccccc5)cc4)cc(CC(C)C)cc3c2c1. The Morgan fingerprint density at radius 1 is 0.568 bits per heavy atom. The lowest BCUT2D eigenvalue weighted by molar-refractivity contribution is 0.645. The summed E-state index contributed by atoms with van der Waals surface area (Å²) in [5.74, 6) is 2.79. The minimum atomic E-state index is 0.556. The van der Waals surface area contributed by atoms with Crippen molar-refractivity contribution in [3.8, 4) is 39.6 Å². The molecule has 0 aliphatic rings. The molecular weight excluding hydrogens is 538 g/mol. The lowest BCUT2D eigenvalue weighted by Crippen LogP contribution is -2.00. The number of benzene rings is 5. The summed E-state index contributed by atoms with van der Waals surface area (Å²) in [4.78, 5) is 0. The maximum Gasteiger partial charge on any atom is 0.168 e. The molecule has 4 heteroatoms. The van der Waals surface area contributed by atoms with Gasteiger partial charge in [-0.05, 0) is 77.8 Å². The van der Waals surface area contributed by atoms with Crippen LogP contribution in [0.25, 0.3) is 61.5 Å². The number of aromatic nitrogens is 3. The number of nitrogens with zero attached hydrogens (tertiary/aromatic N) is 3. The Balaban J connectivity index is 1.35. The van der Waals surface area contributed by atoms with Crippen LogP contribution in [-0.2, 0) is 12.8 Å². The van der Waals surface area contributed by atoms with Crippen LogP contribution in [0, 0.1) is 11.8 Å². The topological polar surface area (TPSA) is 43.9 Å². The monoisotopic (exact) mass is 575 g/mol. The van der Waals surface area contributed by atoms with E-state index in [9.17, 15) is 0 Å². The third-order valence-corrected chi connectivity index (χ3v) is 8.15. The fraction of sp³-hybridized carbons (Fsp3) is 0.200. The van der Waals surface area contributed by atoms with Crippen molar-refractivity contribution in [1.82, 2.24) is 14.8 Å². The lowest BCUT2D eigenvalue weighted by atomic mass is 9.94. The number of furan rings is 1. The van der Waals surface area contributed by atoms with Crippen molar-refractivity contribution in [2.75, 3.05) is 0 Å². The van der Waals surface area contributed by atoms with Gasteiger partial charge in [-0.1, -0.05) is 107 Å². The highest BCUT2D eigenvalue weighted by molar-refractivity contribution is 6.10. The number of hydrogen-bond acceptors (Lipinski definition) is 3. The molecular formula is C40H37N3O. The Kier molecular flexibility index (Phi) is 7.35. The van der Waals surface area contributed by atoms with E-state index in [4.69, 9.17) is 9.52 Å². The van der Waals surface area contributed by atoms with Crippen LogP contribution in [0.3, 0.4) is 0 Å². The van der Waals surface area contributed by atoms with Gasteiger partial charge in [0.15, 0.2) is 11.6 Å². The minimum Gasteiger partial charge on any atom is -0.455 e. The average molecular weight is 576 g/mol. The zero-order chi connectivity index (χ0) is 30.2. The van der Waals surface area contributed by atoms with E-state index >= 15 is 0 Å². The fourth-order valence-corrected chi connectivity index (χ4v) is 6.25. The average Bonchev–Trinajstić information content (AvgIpc) is 3.63. The van der Waals surface area contributed by atoms with E-state index in [2.05, 4.69) is 116 Å². The molecule has 0 spiro atoms. The van der Waals surface area contributed by atoms with E-state index in [1.807, 2.05) is 36.4 Å². The first kappa shape index (κ1) is 27.8. The molecule has 7 aromatic rings. The van der Waals surface area contributed by atoms with Crippen molar-refractivity contribution in [3.63, 3.8) is 0 Å². The van der Waals surface area contributed by atoms with Crippen molar-refractivity contribution in [1.29, 1.82) is 0 Å². The van der Waals surface area contributed by atoms with E-state index in [0.717, 1.165) is 63.6 Å². The van der Waals surface area contributed by atoms with Crippen LogP contribution >= 0.6 is 0 Å². The van der Waals surface area contributed by atoms with E-state index in [0.29, 0.717) is 11.8 Å². The first-order chi connectivity index (χ1) is 21.4. The van der Waals surface area contributed by atoms with Crippen LogP contribution in [0.2, 0.25) is 0 Å². The van der Waals surface area contributed by atoms with Gasteiger partial charge >= 0.3 is 0 Å². The van der Waals surface area contributed by atoms with E-state index in [1.54, 1.807) is 0 Å². The normalized spacial score (nSPS) is 11.8. The molecule has 0 atom stereocenters. The van der Waals surface area contributed by atoms with Crippen molar-refractivity contribution >= 4 is 21.9 Å². The highest BCUT2D eigenvalue weighted by Crippen LogP contribution is 2.39. The molecule has 0 amide bonds. The maximum absolute atomic E-state index is 6.58. The molecule has 0 fully saturated rings.